The summed E-state index contributed by atoms with van der Waals surface area (Å²) >= 11 is 0. The zero-order valence-corrected chi connectivity index (χ0v) is 18.1. The Hall–Kier alpha value is -2.38. The number of nitrogens with zero attached hydrogens (tertiary/aromatic N) is 2. The second-order valence-corrected chi connectivity index (χ2v) is 8.42. The molecular weight excluding hydrogens is 395 g/mol. The third-order valence-corrected chi connectivity index (χ3v) is 6.13. The molecule has 168 valence electrons. The van der Waals surface area contributed by atoms with Crippen molar-refractivity contribution < 1.29 is 13.5 Å². The normalized spacial score (nSPS) is 18.7. The maximum Gasteiger partial charge on any atom is 0.191 e. The maximum atomic E-state index is 14.3. The second-order valence-electron chi connectivity index (χ2n) is 8.42. The van der Waals surface area contributed by atoms with Gasteiger partial charge in [-0.25, -0.2) is 4.39 Å². The Bertz CT molecular complexity index is 830. The molecule has 0 unspecified atom stereocenters. The van der Waals surface area contributed by atoms with Crippen LogP contribution in [0.25, 0.3) is 0 Å². The molecule has 1 saturated carbocycles. The average Bonchev–Trinajstić information content (AvgIpc) is 3.40. The third kappa shape index (κ3) is 6.31. The van der Waals surface area contributed by atoms with Gasteiger partial charge in [0, 0.05) is 38.0 Å². The van der Waals surface area contributed by atoms with E-state index in [1.807, 2.05) is 24.3 Å². The fraction of sp³-hybridized carbons (Fsp3) is 0.542. The minimum absolute atomic E-state index is 0.124. The molecule has 31 heavy (non-hydrogen) atoms. The van der Waals surface area contributed by atoms with Gasteiger partial charge < -0.3 is 19.8 Å². The topological polar surface area (TPSA) is 62.0 Å². The summed E-state index contributed by atoms with van der Waals surface area (Å²) in [6, 6.07) is 11.0. The van der Waals surface area contributed by atoms with Crippen molar-refractivity contribution >= 4 is 5.96 Å². The number of furan rings is 1. The molecule has 6 nitrogen and oxygen atoms in total. The molecule has 0 bridgehead atoms. The number of aliphatic imine (C=N–C) groups is 1. The minimum atomic E-state index is -0.158. The summed E-state index contributed by atoms with van der Waals surface area (Å²) in [5, 5.41) is 6.88. The monoisotopic (exact) mass is 428 g/mol. The van der Waals surface area contributed by atoms with Gasteiger partial charge in [0.05, 0.1) is 26.0 Å². The Morgan fingerprint density at radius 1 is 1.06 bits per heavy atom. The number of benzene rings is 1. The number of hydrogen-bond acceptors (Lipinski definition) is 4. The summed E-state index contributed by atoms with van der Waals surface area (Å²) in [6.45, 7) is 6.88. The number of nitrogens with one attached hydrogen (secondary N) is 2. The summed E-state index contributed by atoms with van der Waals surface area (Å²) in [5.74, 6) is 1.61. The molecule has 1 aromatic carbocycles. The number of ether oxygens (including phenoxy) is 1. The molecule has 2 aromatic rings. The third-order valence-electron chi connectivity index (χ3n) is 6.13. The van der Waals surface area contributed by atoms with Crippen LogP contribution in [0.15, 0.2) is 52.1 Å². The van der Waals surface area contributed by atoms with Crippen LogP contribution in [0.2, 0.25) is 0 Å². The molecule has 1 aliphatic heterocycles. The molecule has 0 radical (unpaired) electrons. The summed E-state index contributed by atoms with van der Waals surface area (Å²) in [5.41, 5.74) is 0.635. The van der Waals surface area contributed by atoms with Crippen LogP contribution in [-0.2, 0) is 16.6 Å². The summed E-state index contributed by atoms with van der Waals surface area (Å²) < 4.78 is 25.2. The molecule has 1 aromatic heterocycles. The number of rotatable bonds is 10. The SMILES string of the molecule is Fc1ccccc1C1(CN=C(NCCCN2CCOCC2)NCCc2ccco2)CC1. The first-order valence-electron chi connectivity index (χ1n) is 11.3. The lowest BCUT2D eigenvalue weighted by Crippen LogP contribution is -2.41. The lowest BCUT2D eigenvalue weighted by molar-refractivity contribution is 0.0376. The molecule has 1 saturated heterocycles. The highest BCUT2D eigenvalue weighted by Gasteiger charge is 2.45. The standard InChI is InChI=1S/C24H33FN4O2/c25-22-7-2-1-6-21(22)24(9-10-24)19-28-23(27-12-8-20-5-3-16-31-20)26-11-4-13-29-14-17-30-18-15-29/h1-3,5-7,16H,4,8-15,17-19H2,(H2,26,27,28). The van der Waals surface area contributed by atoms with Crippen molar-refractivity contribution in [2.75, 3.05) is 52.5 Å². The largest absolute Gasteiger partial charge is 0.469 e. The molecule has 2 aliphatic rings. The van der Waals surface area contributed by atoms with Gasteiger partial charge in [-0.3, -0.25) is 9.89 Å². The van der Waals surface area contributed by atoms with Gasteiger partial charge in [-0.2, -0.15) is 0 Å². The highest BCUT2D eigenvalue weighted by molar-refractivity contribution is 5.79. The van der Waals surface area contributed by atoms with Gasteiger partial charge >= 0.3 is 0 Å². The first kappa shape index (κ1) is 21.8. The van der Waals surface area contributed by atoms with Crippen molar-refractivity contribution in [2.24, 2.45) is 4.99 Å². The average molecular weight is 429 g/mol. The highest BCUT2D eigenvalue weighted by atomic mass is 19.1. The van der Waals surface area contributed by atoms with E-state index in [2.05, 4.69) is 15.5 Å². The van der Waals surface area contributed by atoms with Gasteiger partial charge in [0.2, 0.25) is 0 Å². The van der Waals surface area contributed by atoms with Gasteiger partial charge in [0.15, 0.2) is 5.96 Å². The Morgan fingerprint density at radius 3 is 2.61 bits per heavy atom. The lowest BCUT2D eigenvalue weighted by Gasteiger charge is -2.26. The molecule has 7 heteroatoms. The number of morpholine rings is 1. The molecule has 4 rings (SSSR count). The lowest BCUT2D eigenvalue weighted by atomic mass is 9.95. The van der Waals surface area contributed by atoms with E-state index in [-0.39, 0.29) is 11.2 Å². The Morgan fingerprint density at radius 2 is 1.87 bits per heavy atom. The van der Waals surface area contributed by atoms with Crippen molar-refractivity contribution in [1.29, 1.82) is 0 Å². The number of guanidine groups is 1. The summed E-state index contributed by atoms with van der Waals surface area (Å²) in [7, 11) is 0. The van der Waals surface area contributed by atoms with E-state index in [9.17, 15) is 4.39 Å². The van der Waals surface area contributed by atoms with Crippen molar-refractivity contribution in [2.45, 2.75) is 31.1 Å². The van der Waals surface area contributed by atoms with Gasteiger partial charge in [-0.05, 0) is 49.6 Å². The van der Waals surface area contributed by atoms with Gasteiger partial charge in [-0.1, -0.05) is 18.2 Å². The van der Waals surface area contributed by atoms with Crippen LogP contribution in [0.4, 0.5) is 4.39 Å². The first-order valence-corrected chi connectivity index (χ1v) is 11.3. The first-order chi connectivity index (χ1) is 15.3. The van der Waals surface area contributed by atoms with E-state index in [0.717, 1.165) is 88.9 Å². The van der Waals surface area contributed by atoms with Crippen LogP contribution in [0.3, 0.4) is 0 Å². The van der Waals surface area contributed by atoms with E-state index in [1.54, 1.807) is 18.4 Å². The molecule has 2 heterocycles. The maximum absolute atomic E-state index is 14.3. The molecule has 2 N–H and O–H groups in total. The molecule has 1 aliphatic carbocycles. The number of halogens is 1. The molecule has 0 spiro atoms. The Balaban J connectivity index is 1.31. The quantitative estimate of drug-likeness (QED) is 0.346. The fourth-order valence-electron chi connectivity index (χ4n) is 4.05. The number of hydrogen-bond donors (Lipinski definition) is 2. The Labute approximate surface area is 183 Å². The van der Waals surface area contributed by atoms with E-state index in [1.165, 1.54) is 0 Å². The minimum Gasteiger partial charge on any atom is -0.469 e. The molecule has 2 fully saturated rings. The van der Waals surface area contributed by atoms with E-state index in [0.29, 0.717) is 6.54 Å². The molecule has 0 atom stereocenters. The zero-order chi connectivity index (χ0) is 21.4. The fourth-order valence-corrected chi connectivity index (χ4v) is 4.05. The predicted molar refractivity (Wildman–Crippen MR) is 120 cm³/mol. The van der Waals surface area contributed by atoms with Crippen LogP contribution in [0.5, 0.6) is 0 Å². The van der Waals surface area contributed by atoms with Gasteiger partial charge in [0.25, 0.3) is 0 Å². The van der Waals surface area contributed by atoms with Crippen molar-refractivity contribution in [3.63, 3.8) is 0 Å². The molecule has 0 amide bonds. The van der Waals surface area contributed by atoms with E-state index >= 15 is 0 Å². The zero-order valence-electron chi connectivity index (χ0n) is 18.1. The van der Waals surface area contributed by atoms with Crippen LogP contribution in [0, 0.1) is 5.82 Å². The van der Waals surface area contributed by atoms with Gasteiger partial charge in [-0.15, -0.1) is 0 Å². The van der Waals surface area contributed by atoms with E-state index < -0.39 is 0 Å². The smallest absolute Gasteiger partial charge is 0.191 e. The van der Waals surface area contributed by atoms with Crippen molar-refractivity contribution in [3.8, 4) is 0 Å². The van der Waals surface area contributed by atoms with Crippen LogP contribution >= 0.6 is 0 Å². The molecular formula is C24H33FN4O2. The predicted octanol–water partition coefficient (Wildman–Crippen LogP) is 2.95. The van der Waals surface area contributed by atoms with Crippen LogP contribution in [-0.4, -0.2) is 63.3 Å². The van der Waals surface area contributed by atoms with Gasteiger partial charge in [0.1, 0.15) is 11.6 Å². The van der Waals surface area contributed by atoms with E-state index in [4.69, 9.17) is 14.1 Å². The second kappa shape index (κ2) is 10.8. The highest BCUT2D eigenvalue weighted by Crippen LogP contribution is 2.49. The summed E-state index contributed by atoms with van der Waals surface area (Å²) in [6.07, 6.45) is 5.49. The summed E-state index contributed by atoms with van der Waals surface area (Å²) in [4.78, 5) is 7.28. The van der Waals surface area contributed by atoms with Crippen LogP contribution < -0.4 is 10.6 Å². The van der Waals surface area contributed by atoms with Crippen LogP contribution in [0.1, 0.15) is 30.6 Å². The van der Waals surface area contributed by atoms with Crippen molar-refractivity contribution in [1.82, 2.24) is 15.5 Å². The Kier molecular flexibility index (Phi) is 7.59. The van der Waals surface area contributed by atoms with Crippen molar-refractivity contribution in [3.05, 3.63) is 59.8 Å².